The second-order valence-corrected chi connectivity index (χ2v) is 10.1. The Balaban J connectivity index is 1.79. The maximum Gasteiger partial charge on any atom is 0.339 e. The number of esters is 3. The van der Waals surface area contributed by atoms with Crippen LogP contribution in [0.3, 0.4) is 0 Å². The fourth-order valence-corrected chi connectivity index (χ4v) is 4.17. The van der Waals surface area contributed by atoms with Crippen molar-refractivity contribution in [3.8, 4) is 0 Å². The number of carbonyl (C=O) groups is 6. The van der Waals surface area contributed by atoms with Crippen LogP contribution in [-0.4, -0.2) is 119 Å². The smallest absolute Gasteiger partial charge is 0.339 e. The van der Waals surface area contributed by atoms with Crippen molar-refractivity contribution in [2.24, 2.45) is 0 Å². The molecule has 3 rings (SSSR count). The van der Waals surface area contributed by atoms with E-state index in [0.717, 1.165) is 0 Å². The van der Waals surface area contributed by atoms with E-state index in [-0.39, 0.29) is 40.0 Å². The fraction of sp³-hybridized carbons (Fsp3) is 0.273. The second kappa shape index (κ2) is 18.6. The summed E-state index contributed by atoms with van der Waals surface area (Å²) in [6.07, 6.45) is -3.94. The lowest BCUT2D eigenvalue weighted by molar-refractivity contribution is -0.0755. The molecule has 3 aromatic carbocycles. The number of ether oxygens (including phenoxy) is 5. The van der Waals surface area contributed by atoms with Gasteiger partial charge >= 0.3 is 35.8 Å². The summed E-state index contributed by atoms with van der Waals surface area (Å²) < 4.78 is 26.9. The molecule has 0 amide bonds. The largest absolute Gasteiger partial charge is 0.478 e. The van der Waals surface area contributed by atoms with Crippen LogP contribution in [0.15, 0.2) is 72.8 Å². The van der Waals surface area contributed by atoms with Crippen molar-refractivity contribution < 1.29 is 78.0 Å². The molecule has 0 fully saturated rings. The lowest BCUT2D eigenvalue weighted by Crippen LogP contribution is -2.35. The van der Waals surface area contributed by atoms with Crippen LogP contribution in [0.4, 0.5) is 0 Å². The molecule has 3 aromatic rings. The van der Waals surface area contributed by atoms with Gasteiger partial charge in [-0.05, 0) is 36.4 Å². The lowest BCUT2D eigenvalue weighted by Gasteiger charge is -2.22. The molecule has 0 heterocycles. The number of aliphatic hydroxyl groups excluding tert-OH is 2. The minimum absolute atomic E-state index is 0.284. The summed E-state index contributed by atoms with van der Waals surface area (Å²) >= 11 is 0. The zero-order chi connectivity index (χ0) is 35.9. The van der Waals surface area contributed by atoms with Crippen molar-refractivity contribution >= 4 is 35.8 Å². The second-order valence-electron chi connectivity index (χ2n) is 10.1. The molecular formula is C33H32O16. The summed E-state index contributed by atoms with van der Waals surface area (Å²) in [5.74, 6) is -7.47. The SMILES string of the molecule is O=C(O)c1ccccc1C(=O)OCC(COCC(COCC(O)CO)OC(=O)c1ccccc1C(=O)O)OC(=O)c1ccccc1C(=O)O. The number of carboxylic acid groups (broad SMARTS) is 3. The molecule has 0 spiro atoms. The number of benzene rings is 3. The first kappa shape index (κ1) is 37.8. The molecule has 0 aromatic heterocycles. The summed E-state index contributed by atoms with van der Waals surface area (Å²) in [4.78, 5) is 73.5. The highest BCUT2D eigenvalue weighted by molar-refractivity contribution is 6.04. The van der Waals surface area contributed by atoms with Crippen molar-refractivity contribution in [2.75, 3.05) is 39.6 Å². The van der Waals surface area contributed by atoms with Gasteiger partial charge in [-0.25, -0.2) is 28.8 Å². The van der Waals surface area contributed by atoms with Crippen LogP contribution < -0.4 is 0 Å². The van der Waals surface area contributed by atoms with E-state index in [1.807, 2.05) is 0 Å². The maximum atomic E-state index is 13.0. The van der Waals surface area contributed by atoms with Gasteiger partial charge in [-0.2, -0.15) is 0 Å². The molecule has 0 aliphatic rings. The molecule has 3 atom stereocenters. The third-order valence-corrected chi connectivity index (χ3v) is 6.51. The zero-order valence-electron chi connectivity index (χ0n) is 25.6. The Morgan fingerprint density at radius 1 is 0.490 bits per heavy atom. The molecule has 0 aliphatic heterocycles. The Morgan fingerprint density at radius 3 is 1.18 bits per heavy atom. The highest BCUT2D eigenvalue weighted by atomic mass is 16.6. The van der Waals surface area contributed by atoms with Gasteiger partial charge in [-0.15, -0.1) is 0 Å². The Kier molecular flexibility index (Phi) is 14.3. The van der Waals surface area contributed by atoms with Crippen molar-refractivity contribution in [3.05, 3.63) is 106 Å². The highest BCUT2D eigenvalue weighted by Gasteiger charge is 2.26. The van der Waals surface area contributed by atoms with E-state index in [1.165, 1.54) is 72.8 Å². The summed E-state index contributed by atoms with van der Waals surface area (Å²) in [5, 5.41) is 47.0. The summed E-state index contributed by atoms with van der Waals surface area (Å²) in [6, 6.07) is 15.6. The molecule has 0 saturated heterocycles. The van der Waals surface area contributed by atoms with Crippen LogP contribution in [-0.2, 0) is 23.7 Å². The van der Waals surface area contributed by atoms with Crippen molar-refractivity contribution in [1.29, 1.82) is 0 Å². The summed E-state index contributed by atoms with van der Waals surface area (Å²) in [7, 11) is 0. The van der Waals surface area contributed by atoms with E-state index in [9.17, 15) is 49.2 Å². The third-order valence-electron chi connectivity index (χ3n) is 6.51. The zero-order valence-corrected chi connectivity index (χ0v) is 25.6. The molecule has 0 aliphatic carbocycles. The Labute approximate surface area is 278 Å². The molecular weight excluding hydrogens is 652 g/mol. The van der Waals surface area contributed by atoms with Gasteiger partial charge < -0.3 is 49.2 Å². The third kappa shape index (κ3) is 11.2. The number of hydrogen-bond donors (Lipinski definition) is 5. The van der Waals surface area contributed by atoms with Crippen LogP contribution >= 0.6 is 0 Å². The van der Waals surface area contributed by atoms with Gasteiger partial charge in [0.15, 0.2) is 6.10 Å². The monoisotopic (exact) mass is 684 g/mol. The number of carboxylic acids is 3. The molecule has 0 saturated carbocycles. The molecule has 0 bridgehead atoms. The Bertz CT molecular complexity index is 1650. The van der Waals surface area contributed by atoms with Crippen molar-refractivity contribution in [3.63, 3.8) is 0 Å². The average molecular weight is 685 g/mol. The van der Waals surface area contributed by atoms with E-state index in [4.69, 9.17) is 28.8 Å². The van der Waals surface area contributed by atoms with Crippen LogP contribution in [0.2, 0.25) is 0 Å². The van der Waals surface area contributed by atoms with Gasteiger partial charge in [0.25, 0.3) is 0 Å². The van der Waals surface area contributed by atoms with Gasteiger partial charge in [0.2, 0.25) is 0 Å². The predicted octanol–water partition coefficient (Wildman–Crippen LogP) is 1.78. The topological polar surface area (TPSA) is 250 Å². The van der Waals surface area contributed by atoms with Crippen LogP contribution in [0.1, 0.15) is 62.1 Å². The van der Waals surface area contributed by atoms with Crippen LogP contribution in [0.25, 0.3) is 0 Å². The lowest BCUT2D eigenvalue weighted by atomic mass is 10.1. The van der Waals surface area contributed by atoms with Gasteiger partial charge in [-0.1, -0.05) is 36.4 Å². The number of aromatic carboxylic acids is 3. The van der Waals surface area contributed by atoms with E-state index >= 15 is 0 Å². The minimum Gasteiger partial charge on any atom is -0.478 e. The standard InChI is InChI=1S/C33H32O16/c34-13-19(35)14-45-15-20(48-32(43)26-11-5-2-8-23(26)29(38)39)16-46-17-21(49-33(44)27-12-6-3-9-24(27)30(40)41)18-47-31(42)25-10-4-1-7-22(25)28(36)37/h1-12,19-21,34-35H,13-18H2,(H,36,37)(H,38,39)(H,40,41). The van der Waals surface area contributed by atoms with Gasteiger partial charge in [-0.3, -0.25) is 0 Å². The Morgan fingerprint density at radius 2 is 0.816 bits per heavy atom. The van der Waals surface area contributed by atoms with Crippen molar-refractivity contribution in [2.45, 2.75) is 18.3 Å². The van der Waals surface area contributed by atoms with E-state index in [1.54, 1.807) is 0 Å². The van der Waals surface area contributed by atoms with E-state index in [2.05, 4.69) is 0 Å². The van der Waals surface area contributed by atoms with Gasteiger partial charge in [0.05, 0.1) is 66.4 Å². The maximum absolute atomic E-state index is 13.0. The number of rotatable bonds is 19. The fourth-order valence-electron chi connectivity index (χ4n) is 4.17. The first-order valence-electron chi connectivity index (χ1n) is 14.4. The molecule has 3 unspecified atom stereocenters. The molecule has 260 valence electrons. The molecule has 16 nitrogen and oxygen atoms in total. The van der Waals surface area contributed by atoms with Crippen molar-refractivity contribution in [1.82, 2.24) is 0 Å². The first-order valence-corrected chi connectivity index (χ1v) is 14.4. The van der Waals surface area contributed by atoms with E-state index in [0.29, 0.717) is 0 Å². The molecule has 5 N–H and O–H groups in total. The normalized spacial score (nSPS) is 12.6. The molecule has 16 heteroatoms. The quantitative estimate of drug-likeness (QED) is 0.0891. The number of aliphatic hydroxyl groups is 2. The van der Waals surface area contributed by atoms with Crippen LogP contribution in [0, 0.1) is 0 Å². The predicted molar refractivity (Wildman–Crippen MR) is 164 cm³/mol. The summed E-state index contributed by atoms with van der Waals surface area (Å²) in [6.45, 7) is -3.12. The van der Waals surface area contributed by atoms with E-state index < -0.39 is 87.2 Å². The highest BCUT2D eigenvalue weighted by Crippen LogP contribution is 2.16. The average Bonchev–Trinajstić information content (AvgIpc) is 3.09. The number of carbonyl (C=O) groups excluding carboxylic acids is 3. The first-order chi connectivity index (χ1) is 23.4. The van der Waals surface area contributed by atoms with Gasteiger partial charge in [0, 0.05) is 0 Å². The number of hydrogen-bond acceptors (Lipinski definition) is 13. The minimum atomic E-state index is -1.42. The molecule has 0 radical (unpaired) electrons. The Hall–Kier alpha value is -5.68. The van der Waals surface area contributed by atoms with Crippen LogP contribution in [0.5, 0.6) is 0 Å². The molecule has 49 heavy (non-hydrogen) atoms. The summed E-state index contributed by atoms with van der Waals surface area (Å²) in [5.41, 5.74) is -1.99. The van der Waals surface area contributed by atoms with Gasteiger partial charge in [0.1, 0.15) is 18.8 Å².